The summed E-state index contributed by atoms with van der Waals surface area (Å²) in [6.45, 7) is 5.41. The second-order valence-corrected chi connectivity index (χ2v) is 9.36. The minimum absolute atomic E-state index is 0.515. The molecular formula is C16H28N3OPS. The van der Waals surface area contributed by atoms with Crippen LogP contribution in [0, 0.1) is 0 Å². The highest BCUT2D eigenvalue weighted by molar-refractivity contribution is 8.07. The van der Waals surface area contributed by atoms with Crippen molar-refractivity contribution < 1.29 is 4.57 Å². The number of benzene rings is 1. The molecule has 0 radical (unpaired) electrons. The van der Waals surface area contributed by atoms with Crippen LogP contribution in [0.25, 0.3) is 0 Å². The van der Waals surface area contributed by atoms with Crippen molar-refractivity contribution >= 4 is 25.2 Å². The van der Waals surface area contributed by atoms with Gasteiger partial charge in [-0.15, -0.1) is 0 Å². The summed E-state index contributed by atoms with van der Waals surface area (Å²) >= 11 is 1.69. The molecule has 1 aliphatic rings. The Bertz CT molecular complexity index is 489. The van der Waals surface area contributed by atoms with Crippen LogP contribution in [0.1, 0.15) is 46.0 Å². The van der Waals surface area contributed by atoms with E-state index in [1.807, 2.05) is 52.9 Å². The van der Waals surface area contributed by atoms with Crippen LogP contribution in [0.15, 0.2) is 30.3 Å². The van der Waals surface area contributed by atoms with E-state index in [1.165, 1.54) is 32.1 Å². The predicted molar refractivity (Wildman–Crippen MR) is 98.1 cm³/mol. The fourth-order valence-electron chi connectivity index (χ4n) is 2.90. The lowest BCUT2D eigenvalue weighted by molar-refractivity contribution is 0.444. The molecule has 1 saturated carbocycles. The maximum atomic E-state index is 13.4. The lowest BCUT2D eigenvalue weighted by Crippen LogP contribution is -2.34. The Balaban J connectivity index is 2.26. The number of hydrogen-bond acceptors (Lipinski definition) is 2. The van der Waals surface area contributed by atoms with Crippen LogP contribution in [0.3, 0.4) is 0 Å². The molecule has 22 heavy (non-hydrogen) atoms. The summed E-state index contributed by atoms with van der Waals surface area (Å²) in [5.41, 5.74) is 7.30. The van der Waals surface area contributed by atoms with Crippen LogP contribution in [-0.2, 0) is 4.57 Å². The van der Waals surface area contributed by atoms with E-state index in [-0.39, 0.29) is 0 Å². The lowest BCUT2D eigenvalue weighted by Gasteiger charge is -2.38. The van der Waals surface area contributed by atoms with E-state index in [4.69, 9.17) is 5.50 Å². The van der Waals surface area contributed by atoms with E-state index in [0.29, 0.717) is 18.3 Å². The van der Waals surface area contributed by atoms with Crippen LogP contribution >= 0.6 is 19.5 Å². The minimum Gasteiger partial charge on any atom is -0.263 e. The predicted octanol–water partition coefficient (Wildman–Crippen LogP) is 4.88. The van der Waals surface area contributed by atoms with Gasteiger partial charge in [-0.25, -0.2) is 8.75 Å². The molecule has 2 rings (SSSR count). The Morgan fingerprint density at radius 1 is 1.14 bits per heavy atom. The normalized spacial score (nSPS) is 19.1. The number of hydrogen-bond donors (Lipinski definition) is 1. The van der Waals surface area contributed by atoms with E-state index in [2.05, 4.69) is 0 Å². The van der Waals surface area contributed by atoms with Gasteiger partial charge in [0.2, 0.25) is 0 Å². The lowest BCUT2D eigenvalue weighted by atomic mass is 10.0. The first-order chi connectivity index (χ1) is 10.6. The fourth-order valence-corrected chi connectivity index (χ4v) is 6.73. The molecule has 2 N–H and O–H groups in total. The summed E-state index contributed by atoms with van der Waals surface area (Å²) < 4.78 is 17.1. The summed E-state index contributed by atoms with van der Waals surface area (Å²) in [5.74, 6) is 0. The van der Waals surface area contributed by atoms with E-state index < -0.39 is 7.59 Å². The van der Waals surface area contributed by atoms with Gasteiger partial charge in [0.05, 0.1) is 5.69 Å². The Hall–Kier alpha value is -0.480. The van der Waals surface area contributed by atoms with Crippen molar-refractivity contribution in [1.29, 1.82) is 0 Å². The average Bonchev–Trinajstić information content (AvgIpc) is 2.55. The SMILES string of the molecule is CCN(CC)P(N)(=O)N(SC1CCCCC1)c1ccccc1. The molecule has 0 aromatic heterocycles. The zero-order chi connectivity index (χ0) is 16.0. The van der Waals surface area contributed by atoms with Crippen molar-refractivity contribution in [3.63, 3.8) is 0 Å². The molecule has 1 aliphatic carbocycles. The van der Waals surface area contributed by atoms with Gasteiger partial charge in [0, 0.05) is 18.3 Å². The molecule has 1 aromatic rings. The maximum Gasteiger partial charge on any atom is 0.315 e. The Kier molecular flexibility index (Phi) is 6.82. The molecule has 0 bridgehead atoms. The zero-order valence-electron chi connectivity index (χ0n) is 13.6. The Labute approximate surface area is 139 Å². The average molecular weight is 341 g/mol. The van der Waals surface area contributed by atoms with E-state index >= 15 is 0 Å². The molecule has 1 atom stereocenters. The van der Waals surface area contributed by atoms with Crippen molar-refractivity contribution in [2.75, 3.05) is 17.2 Å². The summed E-state index contributed by atoms with van der Waals surface area (Å²) in [5, 5.41) is 0.515. The van der Waals surface area contributed by atoms with Gasteiger partial charge in [-0.3, -0.25) is 10.1 Å². The summed E-state index contributed by atoms with van der Waals surface area (Å²) in [7, 11) is -3.07. The zero-order valence-corrected chi connectivity index (χ0v) is 15.4. The molecule has 0 aliphatic heterocycles. The van der Waals surface area contributed by atoms with Gasteiger partial charge in [-0.1, -0.05) is 51.3 Å². The highest BCUT2D eigenvalue weighted by Crippen LogP contribution is 2.54. The number of nitrogens with zero attached hydrogens (tertiary/aromatic N) is 2. The molecule has 0 spiro atoms. The first-order valence-electron chi connectivity index (χ1n) is 8.26. The minimum atomic E-state index is -3.07. The molecule has 1 fully saturated rings. The van der Waals surface area contributed by atoms with Crippen LogP contribution in [0.4, 0.5) is 5.69 Å². The monoisotopic (exact) mass is 341 g/mol. The molecule has 1 aromatic carbocycles. The fraction of sp³-hybridized carbons (Fsp3) is 0.625. The molecule has 6 heteroatoms. The van der Waals surface area contributed by atoms with Crippen molar-refractivity contribution in [3.05, 3.63) is 30.3 Å². The van der Waals surface area contributed by atoms with Crippen LogP contribution < -0.4 is 9.58 Å². The van der Waals surface area contributed by atoms with Crippen LogP contribution in [0.2, 0.25) is 0 Å². The first kappa shape index (κ1) is 17.9. The van der Waals surface area contributed by atoms with Crippen molar-refractivity contribution in [2.24, 2.45) is 5.50 Å². The molecule has 4 nitrogen and oxygen atoms in total. The number of nitrogens with two attached hydrogens (primary N) is 1. The Morgan fingerprint density at radius 3 is 2.27 bits per heavy atom. The summed E-state index contributed by atoms with van der Waals surface area (Å²) in [6.07, 6.45) is 6.22. The number of para-hydroxylation sites is 1. The van der Waals surface area contributed by atoms with Crippen LogP contribution in [-0.4, -0.2) is 23.0 Å². The van der Waals surface area contributed by atoms with Crippen molar-refractivity contribution in [1.82, 2.24) is 4.67 Å². The second kappa shape index (κ2) is 8.39. The third-order valence-electron chi connectivity index (χ3n) is 4.17. The maximum absolute atomic E-state index is 13.4. The Morgan fingerprint density at radius 2 is 1.73 bits per heavy atom. The van der Waals surface area contributed by atoms with Gasteiger partial charge < -0.3 is 0 Å². The molecule has 0 heterocycles. The molecular weight excluding hydrogens is 313 g/mol. The smallest absolute Gasteiger partial charge is 0.263 e. The van der Waals surface area contributed by atoms with E-state index in [0.717, 1.165) is 5.69 Å². The van der Waals surface area contributed by atoms with Crippen LogP contribution in [0.5, 0.6) is 0 Å². The topological polar surface area (TPSA) is 49.6 Å². The highest BCUT2D eigenvalue weighted by Gasteiger charge is 2.34. The van der Waals surface area contributed by atoms with E-state index in [1.54, 1.807) is 11.9 Å². The van der Waals surface area contributed by atoms with Crippen molar-refractivity contribution in [3.8, 4) is 0 Å². The largest absolute Gasteiger partial charge is 0.315 e. The first-order valence-corrected chi connectivity index (χ1v) is 10.8. The standard InChI is InChI=1S/C16H28N3OPS/c1-3-18(4-2)21(17,20)19(15-11-7-5-8-12-15)22-16-13-9-6-10-14-16/h5,7-8,11-12,16H,3-4,6,9-10,13-14H2,1-2H3,(H2,17,20). The van der Waals surface area contributed by atoms with Crippen molar-refractivity contribution in [2.45, 2.75) is 51.2 Å². The second-order valence-electron chi connectivity index (χ2n) is 5.70. The molecule has 0 amide bonds. The van der Waals surface area contributed by atoms with Gasteiger partial charge >= 0.3 is 7.59 Å². The van der Waals surface area contributed by atoms with Gasteiger partial charge in [0.1, 0.15) is 0 Å². The highest BCUT2D eigenvalue weighted by atomic mass is 32.2. The molecule has 0 saturated heterocycles. The third-order valence-corrected chi connectivity index (χ3v) is 8.47. The molecule has 124 valence electrons. The summed E-state index contributed by atoms with van der Waals surface area (Å²) in [6, 6.07) is 9.93. The van der Waals surface area contributed by atoms with Gasteiger partial charge in [0.25, 0.3) is 0 Å². The summed E-state index contributed by atoms with van der Waals surface area (Å²) in [4.78, 5) is 0. The molecule has 1 unspecified atom stereocenters. The van der Waals surface area contributed by atoms with Gasteiger partial charge in [-0.05, 0) is 36.9 Å². The van der Waals surface area contributed by atoms with Gasteiger partial charge in [0.15, 0.2) is 0 Å². The number of rotatable bonds is 7. The third kappa shape index (κ3) is 4.29. The number of anilines is 1. The quantitative estimate of drug-likeness (QED) is 0.565. The van der Waals surface area contributed by atoms with Gasteiger partial charge in [-0.2, -0.15) is 0 Å². The van der Waals surface area contributed by atoms with E-state index in [9.17, 15) is 4.57 Å².